The number of carbonyl (C=O) groups excluding carboxylic acids is 3. The minimum Gasteiger partial charge on any atom is -0.306 e. The molecule has 4 atom stereocenters. The maximum atomic E-state index is 14.2. The molecule has 6 nitrogen and oxygen atoms in total. The topological polar surface area (TPSA) is 69.7 Å². The molecule has 3 aliphatic rings. The molecule has 3 aliphatic heterocycles. The lowest BCUT2D eigenvalue weighted by atomic mass is 9.76. The number of imide groups is 1. The van der Waals surface area contributed by atoms with Crippen molar-refractivity contribution in [1.29, 1.82) is 0 Å². The van der Waals surface area contributed by atoms with Gasteiger partial charge in [-0.15, -0.1) is 0 Å². The minimum atomic E-state index is -1.37. The standard InChI is InChI=1S/C27H21ClFN3O3/c1-15-22-23(25(34)32(24(22)33)19-6-4-5-17(28)13-19)27(30-15)20-7-2-3-8-21(20)31(26(27)35)14-16-9-11-18(29)12-10-16/h2-13,15,22-23,30H,14H2,1H3/t15-,22-,23-,27-/m0/s1. The Labute approximate surface area is 206 Å². The molecule has 0 aliphatic carbocycles. The zero-order valence-electron chi connectivity index (χ0n) is 18.7. The predicted molar refractivity (Wildman–Crippen MR) is 129 cm³/mol. The van der Waals surface area contributed by atoms with E-state index in [1.807, 2.05) is 31.2 Å². The average Bonchev–Trinajstić information content (AvgIpc) is 3.39. The van der Waals surface area contributed by atoms with E-state index in [-0.39, 0.29) is 24.2 Å². The van der Waals surface area contributed by atoms with Gasteiger partial charge in [-0.25, -0.2) is 9.29 Å². The molecule has 1 spiro atoms. The van der Waals surface area contributed by atoms with Crippen LogP contribution in [0.1, 0.15) is 18.1 Å². The van der Waals surface area contributed by atoms with Crippen LogP contribution in [0.15, 0.2) is 72.8 Å². The Balaban J connectivity index is 1.46. The van der Waals surface area contributed by atoms with Crippen molar-refractivity contribution < 1.29 is 18.8 Å². The van der Waals surface area contributed by atoms with E-state index in [1.165, 1.54) is 17.0 Å². The summed E-state index contributed by atoms with van der Waals surface area (Å²) < 4.78 is 13.5. The number of hydrogen-bond acceptors (Lipinski definition) is 4. The third-order valence-electron chi connectivity index (χ3n) is 7.33. The molecule has 8 heteroatoms. The fourth-order valence-electron chi connectivity index (χ4n) is 5.91. The van der Waals surface area contributed by atoms with Gasteiger partial charge in [0.15, 0.2) is 0 Å². The van der Waals surface area contributed by atoms with Gasteiger partial charge in [0.25, 0.3) is 5.91 Å². The molecule has 0 radical (unpaired) electrons. The quantitative estimate of drug-likeness (QED) is 0.564. The smallest absolute Gasteiger partial charge is 0.253 e. The number of nitrogens with one attached hydrogen (secondary N) is 1. The Morgan fingerprint density at radius 2 is 1.71 bits per heavy atom. The van der Waals surface area contributed by atoms with Crippen molar-refractivity contribution in [2.24, 2.45) is 11.8 Å². The highest BCUT2D eigenvalue weighted by atomic mass is 35.5. The molecule has 3 aromatic rings. The first-order chi connectivity index (χ1) is 16.8. The summed E-state index contributed by atoms with van der Waals surface area (Å²) in [4.78, 5) is 44.4. The average molecular weight is 490 g/mol. The van der Waals surface area contributed by atoms with Gasteiger partial charge in [-0.05, 0) is 48.9 Å². The molecule has 35 heavy (non-hydrogen) atoms. The molecule has 3 heterocycles. The molecule has 0 saturated carbocycles. The van der Waals surface area contributed by atoms with Crippen molar-refractivity contribution in [1.82, 2.24) is 5.32 Å². The van der Waals surface area contributed by atoms with Crippen LogP contribution in [0.25, 0.3) is 0 Å². The van der Waals surface area contributed by atoms with Crippen LogP contribution in [-0.4, -0.2) is 23.8 Å². The number of rotatable bonds is 3. The third kappa shape index (κ3) is 3.01. The van der Waals surface area contributed by atoms with Crippen molar-refractivity contribution in [2.45, 2.75) is 25.0 Å². The van der Waals surface area contributed by atoms with E-state index < -0.39 is 29.3 Å². The Hall–Kier alpha value is -3.55. The summed E-state index contributed by atoms with van der Waals surface area (Å²) in [5.41, 5.74) is 1.11. The van der Waals surface area contributed by atoms with E-state index in [0.717, 1.165) is 5.56 Å². The van der Waals surface area contributed by atoms with Gasteiger partial charge in [-0.3, -0.25) is 19.7 Å². The van der Waals surface area contributed by atoms with Gasteiger partial charge >= 0.3 is 0 Å². The van der Waals surface area contributed by atoms with Crippen LogP contribution >= 0.6 is 11.6 Å². The highest BCUT2D eigenvalue weighted by molar-refractivity contribution is 6.31. The van der Waals surface area contributed by atoms with Crippen molar-refractivity contribution in [3.8, 4) is 0 Å². The Morgan fingerprint density at radius 1 is 0.971 bits per heavy atom. The SMILES string of the molecule is C[C@@H]1N[C@]2(C(=O)N(Cc3ccc(F)cc3)c3ccccc32)[C@@H]2C(=O)N(c3cccc(Cl)c3)C(=O)[C@@H]12. The molecule has 6 rings (SSSR count). The second kappa shape index (κ2) is 7.73. The minimum absolute atomic E-state index is 0.214. The number of nitrogens with zero attached hydrogens (tertiary/aromatic N) is 2. The van der Waals surface area contributed by atoms with Crippen LogP contribution in [0.2, 0.25) is 5.02 Å². The first-order valence-corrected chi connectivity index (χ1v) is 11.8. The summed E-state index contributed by atoms with van der Waals surface area (Å²) in [6.45, 7) is 2.04. The summed E-state index contributed by atoms with van der Waals surface area (Å²) in [5, 5.41) is 3.77. The first kappa shape index (κ1) is 21.9. The van der Waals surface area contributed by atoms with Crippen molar-refractivity contribution in [3.63, 3.8) is 0 Å². The Morgan fingerprint density at radius 3 is 2.46 bits per heavy atom. The zero-order chi connectivity index (χ0) is 24.5. The lowest BCUT2D eigenvalue weighted by molar-refractivity contribution is -0.132. The molecule has 3 amide bonds. The van der Waals surface area contributed by atoms with E-state index in [1.54, 1.807) is 41.3 Å². The lowest BCUT2D eigenvalue weighted by Gasteiger charge is -2.30. The highest BCUT2D eigenvalue weighted by Crippen LogP contribution is 2.55. The molecule has 0 aromatic heterocycles. The van der Waals surface area contributed by atoms with Gasteiger partial charge in [0.05, 0.1) is 24.1 Å². The number of benzene rings is 3. The summed E-state index contributed by atoms with van der Waals surface area (Å²) in [7, 11) is 0. The molecular weight excluding hydrogens is 469 g/mol. The maximum absolute atomic E-state index is 14.2. The van der Waals surface area contributed by atoms with Crippen LogP contribution in [0.4, 0.5) is 15.8 Å². The largest absolute Gasteiger partial charge is 0.306 e. The van der Waals surface area contributed by atoms with Gasteiger partial charge in [0.1, 0.15) is 11.4 Å². The lowest BCUT2D eigenvalue weighted by Crippen LogP contribution is -2.54. The van der Waals surface area contributed by atoms with Gasteiger partial charge in [-0.2, -0.15) is 0 Å². The first-order valence-electron chi connectivity index (χ1n) is 11.4. The third-order valence-corrected chi connectivity index (χ3v) is 7.57. The molecule has 176 valence electrons. The summed E-state index contributed by atoms with van der Waals surface area (Å²) in [6, 6.07) is 19.5. The van der Waals surface area contributed by atoms with Gasteiger partial charge < -0.3 is 4.90 Å². The van der Waals surface area contributed by atoms with E-state index >= 15 is 0 Å². The molecule has 0 bridgehead atoms. The molecule has 1 N–H and O–H groups in total. The molecular formula is C27H21ClFN3O3. The van der Waals surface area contributed by atoms with Crippen LogP contribution < -0.4 is 15.1 Å². The number of halogens is 2. The molecule has 2 saturated heterocycles. The van der Waals surface area contributed by atoms with Gasteiger partial charge in [-0.1, -0.05) is 48.0 Å². The van der Waals surface area contributed by atoms with Crippen molar-refractivity contribution in [3.05, 3.63) is 94.8 Å². The fourth-order valence-corrected chi connectivity index (χ4v) is 6.09. The van der Waals surface area contributed by atoms with Crippen molar-refractivity contribution in [2.75, 3.05) is 9.80 Å². The number of carbonyl (C=O) groups is 3. The van der Waals surface area contributed by atoms with E-state index in [9.17, 15) is 18.8 Å². The number of hydrogen-bond donors (Lipinski definition) is 1. The predicted octanol–water partition coefficient (Wildman–Crippen LogP) is 4.02. The van der Waals surface area contributed by atoms with E-state index in [0.29, 0.717) is 22.0 Å². The van der Waals surface area contributed by atoms with Crippen molar-refractivity contribution >= 4 is 40.7 Å². The molecule has 3 aromatic carbocycles. The number of amides is 3. The Bertz CT molecular complexity index is 1390. The number of fused-ring (bicyclic) bond motifs is 4. The summed E-state index contributed by atoms with van der Waals surface area (Å²) >= 11 is 6.14. The zero-order valence-corrected chi connectivity index (χ0v) is 19.5. The van der Waals surface area contributed by atoms with Crippen LogP contribution in [0.3, 0.4) is 0 Å². The highest BCUT2D eigenvalue weighted by Gasteiger charge is 2.71. The second-order valence-corrected chi connectivity index (χ2v) is 9.71. The van der Waals surface area contributed by atoms with Crippen LogP contribution in [0.5, 0.6) is 0 Å². The monoisotopic (exact) mass is 489 g/mol. The van der Waals surface area contributed by atoms with Gasteiger partial charge in [0, 0.05) is 22.3 Å². The summed E-state index contributed by atoms with van der Waals surface area (Å²) in [5.74, 6) is -3.03. The van der Waals surface area contributed by atoms with E-state index in [4.69, 9.17) is 11.6 Å². The van der Waals surface area contributed by atoms with Crippen LogP contribution in [-0.2, 0) is 26.5 Å². The number of anilines is 2. The summed E-state index contributed by atoms with van der Waals surface area (Å²) in [6.07, 6.45) is 0. The normalized spacial score (nSPS) is 27.2. The fraction of sp³-hybridized carbons (Fsp3) is 0.222. The maximum Gasteiger partial charge on any atom is 0.253 e. The molecule has 2 fully saturated rings. The van der Waals surface area contributed by atoms with Crippen LogP contribution in [0, 0.1) is 17.7 Å². The number of para-hydroxylation sites is 1. The second-order valence-electron chi connectivity index (χ2n) is 9.27. The van der Waals surface area contributed by atoms with E-state index in [2.05, 4.69) is 5.32 Å². The Kier molecular flexibility index (Phi) is 4.85. The van der Waals surface area contributed by atoms with Gasteiger partial charge in [0.2, 0.25) is 11.8 Å². The molecule has 0 unspecified atom stereocenters.